The van der Waals surface area contributed by atoms with Gasteiger partial charge in [-0.25, -0.2) is 13.9 Å². The number of carbonyl (C=O) groups is 1. The molecule has 0 fully saturated rings. The highest BCUT2D eigenvalue weighted by molar-refractivity contribution is 7.89. The summed E-state index contributed by atoms with van der Waals surface area (Å²) < 4.78 is 33.6. The fourth-order valence-electron chi connectivity index (χ4n) is 2.92. The van der Waals surface area contributed by atoms with Crippen molar-refractivity contribution in [3.63, 3.8) is 0 Å². The lowest BCUT2D eigenvalue weighted by Gasteiger charge is -2.33. The van der Waals surface area contributed by atoms with Crippen molar-refractivity contribution in [2.75, 3.05) is 7.11 Å². The lowest BCUT2D eigenvalue weighted by Crippen LogP contribution is -2.52. The molecule has 0 saturated carbocycles. The monoisotopic (exact) mass is 449 g/mol. The van der Waals surface area contributed by atoms with E-state index in [1.165, 1.54) is 23.5 Å². The maximum atomic E-state index is 13.6. The summed E-state index contributed by atoms with van der Waals surface area (Å²) in [5.41, 5.74) is 2.47. The summed E-state index contributed by atoms with van der Waals surface area (Å²) in [6, 6.07) is 8.56. The first-order valence-corrected chi connectivity index (χ1v) is 11.4. The Morgan fingerprint density at radius 3 is 2.29 bits per heavy atom. The van der Waals surface area contributed by atoms with Crippen LogP contribution in [0.3, 0.4) is 0 Å². The molecule has 1 aromatic carbocycles. The largest absolute Gasteiger partial charge is 0.497 e. The van der Waals surface area contributed by atoms with Crippen LogP contribution in [0, 0.1) is 5.92 Å². The van der Waals surface area contributed by atoms with Gasteiger partial charge >= 0.3 is 0 Å². The fraction of sp³-hybridized carbons (Fsp3) is 0.455. The molecule has 9 heteroatoms. The van der Waals surface area contributed by atoms with Crippen molar-refractivity contribution in [3.05, 3.63) is 54.4 Å². The van der Waals surface area contributed by atoms with Gasteiger partial charge in [-0.05, 0) is 62.6 Å². The number of benzene rings is 1. The van der Waals surface area contributed by atoms with Crippen LogP contribution in [0.2, 0.25) is 0 Å². The first-order valence-electron chi connectivity index (χ1n) is 9.98. The van der Waals surface area contributed by atoms with E-state index >= 15 is 0 Å². The van der Waals surface area contributed by atoms with Crippen molar-refractivity contribution in [3.8, 4) is 5.75 Å². The van der Waals surface area contributed by atoms with E-state index in [4.69, 9.17) is 9.57 Å². The zero-order chi connectivity index (χ0) is 23.2. The van der Waals surface area contributed by atoms with Crippen molar-refractivity contribution < 1.29 is 22.8 Å². The predicted molar refractivity (Wildman–Crippen MR) is 118 cm³/mol. The molecule has 1 atom stereocenters. The summed E-state index contributed by atoms with van der Waals surface area (Å²) in [5, 5.41) is 0. The molecule has 8 nitrogen and oxygen atoms in total. The number of hydrogen-bond donors (Lipinski definition) is 1. The lowest BCUT2D eigenvalue weighted by atomic mass is 10.0. The summed E-state index contributed by atoms with van der Waals surface area (Å²) in [6.45, 7) is 8.94. The van der Waals surface area contributed by atoms with Crippen LogP contribution in [0.1, 0.15) is 40.2 Å². The van der Waals surface area contributed by atoms with Gasteiger partial charge in [0.2, 0.25) is 10.0 Å². The van der Waals surface area contributed by atoms with E-state index in [1.807, 2.05) is 0 Å². The van der Waals surface area contributed by atoms with Crippen LogP contribution in [-0.4, -0.2) is 42.4 Å². The van der Waals surface area contributed by atoms with Crippen LogP contribution in [0.25, 0.3) is 0 Å². The second-order valence-corrected chi connectivity index (χ2v) is 10.3. The van der Waals surface area contributed by atoms with Gasteiger partial charge in [-0.3, -0.25) is 14.6 Å². The smallest absolute Gasteiger partial charge is 0.262 e. The van der Waals surface area contributed by atoms with Gasteiger partial charge < -0.3 is 4.74 Å². The van der Waals surface area contributed by atoms with Crippen molar-refractivity contribution in [2.45, 2.75) is 57.7 Å². The van der Waals surface area contributed by atoms with Crippen LogP contribution in [0.5, 0.6) is 5.75 Å². The summed E-state index contributed by atoms with van der Waals surface area (Å²) in [7, 11) is -2.53. The van der Waals surface area contributed by atoms with Crippen LogP contribution >= 0.6 is 0 Å². The molecule has 0 bridgehead atoms. The summed E-state index contributed by atoms with van der Waals surface area (Å²) in [4.78, 5) is 22.6. The molecule has 2 aromatic rings. The molecule has 1 heterocycles. The summed E-state index contributed by atoms with van der Waals surface area (Å²) in [5.74, 6) is -0.325. The minimum absolute atomic E-state index is 0.0199. The molecule has 1 N–H and O–H groups in total. The molecular weight excluding hydrogens is 418 g/mol. The predicted octanol–water partition coefficient (Wildman–Crippen LogP) is 3.15. The highest BCUT2D eigenvalue weighted by atomic mass is 32.2. The Morgan fingerprint density at radius 2 is 1.81 bits per heavy atom. The van der Waals surface area contributed by atoms with Gasteiger partial charge in [0.15, 0.2) is 0 Å². The summed E-state index contributed by atoms with van der Waals surface area (Å²) >= 11 is 0. The molecule has 0 aliphatic heterocycles. The van der Waals surface area contributed by atoms with Crippen LogP contribution < -0.4 is 10.2 Å². The third kappa shape index (κ3) is 6.75. The normalized spacial score (nSPS) is 13.3. The maximum Gasteiger partial charge on any atom is 0.262 e. The number of nitrogens with zero attached hydrogens (tertiary/aromatic N) is 2. The number of nitrogens with one attached hydrogen (secondary N) is 1. The average molecular weight is 450 g/mol. The van der Waals surface area contributed by atoms with Crippen LogP contribution in [-0.2, 0) is 26.2 Å². The quantitative estimate of drug-likeness (QED) is 0.591. The van der Waals surface area contributed by atoms with Gasteiger partial charge in [-0.2, -0.15) is 4.31 Å². The number of amides is 1. The Hall–Kier alpha value is -2.49. The van der Waals surface area contributed by atoms with E-state index in [2.05, 4.69) is 10.5 Å². The molecule has 0 aliphatic carbocycles. The zero-order valence-corrected chi connectivity index (χ0v) is 19.6. The Labute approximate surface area is 184 Å². The number of aromatic nitrogens is 1. The van der Waals surface area contributed by atoms with E-state index in [9.17, 15) is 13.2 Å². The van der Waals surface area contributed by atoms with E-state index in [1.54, 1.807) is 71.3 Å². The van der Waals surface area contributed by atoms with Crippen LogP contribution in [0.4, 0.5) is 0 Å². The SMILES string of the molecule is COc1ccc(S(=O)(=O)N(Cc2cccnc2)[C@H](C(=O)NOC(C)(C)C)C(C)C)cc1. The Kier molecular flexibility index (Phi) is 8.16. The fourth-order valence-corrected chi connectivity index (χ4v) is 4.63. The van der Waals surface area contributed by atoms with Crippen molar-refractivity contribution in [1.82, 2.24) is 14.8 Å². The molecule has 0 aliphatic rings. The molecule has 0 radical (unpaired) electrons. The van der Waals surface area contributed by atoms with Crippen LogP contribution in [0.15, 0.2) is 53.7 Å². The van der Waals surface area contributed by atoms with Gasteiger partial charge in [0, 0.05) is 18.9 Å². The number of carbonyl (C=O) groups excluding carboxylic acids is 1. The van der Waals surface area contributed by atoms with Crippen molar-refractivity contribution in [1.29, 1.82) is 0 Å². The van der Waals surface area contributed by atoms with Gasteiger partial charge in [0.05, 0.1) is 17.6 Å². The Morgan fingerprint density at radius 1 is 1.16 bits per heavy atom. The number of hydrogen-bond acceptors (Lipinski definition) is 6. The molecule has 2 rings (SSSR count). The number of sulfonamides is 1. The number of pyridine rings is 1. The highest BCUT2D eigenvalue weighted by Crippen LogP contribution is 2.26. The average Bonchev–Trinajstić information content (AvgIpc) is 2.71. The van der Waals surface area contributed by atoms with Crippen molar-refractivity contribution >= 4 is 15.9 Å². The molecule has 0 spiro atoms. The molecule has 31 heavy (non-hydrogen) atoms. The van der Waals surface area contributed by atoms with Gasteiger partial charge in [0.1, 0.15) is 11.8 Å². The Balaban J connectivity index is 2.49. The summed E-state index contributed by atoms with van der Waals surface area (Å²) in [6.07, 6.45) is 3.19. The minimum atomic E-state index is -4.03. The van der Waals surface area contributed by atoms with E-state index < -0.39 is 27.6 Å². The lowest BCUT2D eigenvalue weighted by molar-refractivity contribution is -0.151. The third-order valence-electron chi connectivity index (χ3n) is 4.40. The molecule has 0 unspecified atom stereocenters. The molecular formula is C22H31N3O5S. The van der Waals surface area contributed by atoms with Gasteiger partial charge in [-0.1, -0.05) is 19.9 Å². The first-order chi connectivity index (χ1) is 14.5. The van der Waals surface area contributed by atoms with E-state index in [0.717, 1.165) is 0 Å². The van der Waals surface area contributed by atoms with Crippen molar-refractivity contribution in [2.24, 2.45) is 5.92 Å². The number of methoxy groups -OCH3 is 1. The molecule has 170 valence electrons. The minimum Gasteiger partial charge on any atom is -0.497 e. The first kappa shape index (κ1) is 24.8. The van der Waals surface area contributed by atoms with Gasteiger partial charge in [-0.15, -0.1) is 0 Å². The topological polar surface area (TPSA) is 97.8 Å². The molecule has 1 amide bonds. The highest BCUT2D eigenvalue weighted by Gasteiger charge is 2.38. The van der Waals surface area contributed by atoms with E-state index in [-0.39, 0.29) is 17.4 Å². The molecule has 0 saturated heterocycles. The van der Waals surface area contributed by atoms with Gasteiger partial charge in [0.25, 0.3) is 5.91 Å². The van der Waals surface area contributed by atoms with E-state index in [0.29, 0.717) is 11.3 Å². The molecule has 1 aromatic heterocycles. The maximum absolute atomic E-state index is 13.6. The second kappa shape index (κ2) is 10.2. The second-order valence-electron chi connectivity index (χ2n) is 8.46. The third-order valence-corrected chi connectivity index (χ3v) is 6.24. The Bertz CT molecular complexity index is 955. The zero-order valence-electron chi connectivity index (χ0n) is 18.8. The number of rotatable bonds is 9. The number of hydroxylamine groups is 1. The number of ether oxygens (including phenoxy) is 1. The standard InChI is InChI=1S/C22H31N3O5S/c1-16(2)20(21(26)24-30-22(3,4)5)25(15-17-8-7-13-23-14-17)31(27,28)19-11-9-18(29-6)10-12-19/h7-14,16,20H,15H2,1-6H3,(H,24,26)/t20-/m0/s1.